The van der Waals surface area contributed by atoms with Gasteiger partial charge in [0.1, 0.15) is 0 Å². The highest BCUT2D eigenvalue weighted by atomic mass is 15.1. The van der Waals surface area contributed by atoms with Gasteiger partial charge in [0.2, 0.25) is 0 Å². The lowest BCUT2D eigenvalue weighted by Gasteiger charge is -2.01. The summed E-state index contributed by atoms with van der Waals surface area (Å²) < 4.78 is 0. The van der Waals surface area contributed by atoms with Gasteiger partial charge in [-0.15, -0.1) is 0 Å². The molecule has 0 radical (unpaired) electrons. The molecule has 0 fully saturated rings. The van der Waals surface area contributed by atoms with Crippen molar-refractivity contribution in [2.75, 3.05) is 0 Å². The van der Waals surface area contributed by atoms with Gasteiger partial charge >= 0.3 is 0 Å². The van der Waals surface area contributed by atoms with E-state index < -0.39 is 0 Å². The Balaban J connectivity index is 1.23. The fourth-order valence-corrected chi connectivity index (χ4v) is 5.45. The molecule has 0 amide bonds. The van der Waals surface area contributed by atoms with Crippen molar-refractivity contribution in [1.29, 1.82) is 0 Å². The predicted octanol–water partition coefficient (Wildman–Crippen LogP) is 6.10. The minimum atomic E-state index is 0.549. The Morgan fingerprint density at radius 1 is 0.415 bits per heavy atom. The van der Waals surface area contributed by atoms with E-state index in [0.29, 0.717) is 40.7 Å². The van der Waals surface area contributed by atoms with E-state index in [2.05, 4.69) is 17.6 Å². The summed E-state index contributed by atoms with van der Waals surface area (Å²) in [5.74, 6) is 3.50. The molecule has 4 aliphatic rings. The molecule has 0 aromatic heterocycles. The Morgan fingerprint density at radius 3 is 1.27 bits per heavy atom. The van der Waals surface area contributed by atoms with Gasteiger partial charge in [-0.1, -0.05) is 104 Å². The number of fused-ring (bicyclic) bond motifs is 4. The maximum Gasteiger partial charge on any atom is 0.164 e. The van der Waals surface area contributed by atoms with Crippen molar-refractivity contribution in [3.05, 3.63) is 148 Å². The molecule has 4 heterocycles. The summed E-state index contributed by atoms with van der Waals surface area (Å²) in [6.45, 7) is 6.08. The first kappa shape index (κ1) is 23.2. The van der Waals surface area contributed by atoms with Crippen LogP contribution in [0.2, 0.25) is 0 Å². The zero-order chi connectivity index (χ0) is 27.5. The number of hydrogen-bond donors (Lipinski definition) is 0. The van der Waals surface area contributed by atoms with Crippen LogP contribution < -0.4 is 0 Å². The van der Waals surface area contributed by atoms with Gasteiger partial charge in [-0.05, 0) is 6.92 Å². The molecule has 0 saturated carbocycles. The number of hydrogen-bond acceptors (Lipinski definition) is 4. The first-order valence-corrected chi connectivity index (χ1v) is 13.3. The van der Waals surface area contributed by atoms with Crippen molar-refractivity contribution in [1.82, 2.24) is 0 Å². The second kappa shape index (κ2) is 8.93. The Bertz CT molecular complexity index is 2070. The minimum Gasteiger partial charge on any atom is -0.233 e. The number of nitrogens with zero attached hydrogens (tertiary/aromatic N) is 7. The van der Waals surface area contributed by atoms with Gasteiger partial charge in [0, 0.05) is 50.2 Å². The third-order valence-corrected chi connectivity index (χ3v) is 7.43. The Hall–Kier alpha value is -5.69. The quantitative estimate of drug-likeness (QED) is 0.265. The highest BCUT2D eigenvalue weighted by Crippen LogP contribution is 2.30. The van der Waals surface area contributed by atoms with Crippen molar-refractivity contribution in [3.8, 4) is 0 Å². The van der Waals surface area contributed by atoms with Crippen LogP contribution in [0.15, 0.2) is 139 Å². The molecule has 0 aliphatic carbocycles. The molecular weight excluding hydrogens is 506 g/mol. The third-order valence-electron chi connectivity index (χ3n) is 7.43. The van der Waals surface area contributed by atoms with Crippen LogP contribution in [-0.4, -0.2) is 40.7 Å². The van der Waals surface area contributed by atoms with Crippen LogP contribution in [0.4, 0.5) is 0 Å². The van der Waals surface area contributed by atoms with Gasteiger partial charge in [-0.2, -0.15) is 0 Å². The van der Waals surface area contributed by atoms with Crippen molar-refractivity contribution in [3.63, 3.8) is 0 Å². The highest BCUT2D eigenvalue weighted by Gasteiger charge is 2.28. The van der Waals surface area contributed by atoms with Crippen LogP contribution in [0.25, 0.3) is 5.70 Å². The zero-order valence-electron chi connectivity index (χ0n) is 22.1. The predicted molar refractivity (Wildman–Crippen MR) is 166 cm³/mol. The van der Waals surface area contributed by atoms with Crippen LogP contribution in [0.5, 0.6) is 0 Å². The summed E-state index contributed by atoms with van der Waals surface area (Å²) in [5, 5.41) is 0. The van der Waals surface area contributed by atoms with Gasteiger partial charge in [-0.25, -0.2) is 34.9 Å². The molecule has 4 aromatic rings. The standard InChI is InChI=1S/C34H21N7/c1-19-21-11-3-5-13-23(21)29(35-19)37-31-25-15-7-9-17-27(25)33(39-31)41-34-28-18-10-8-16-26(28)32(40-34)38-30-24-14-6-4-12-22(24)20(2)36-30/h3-18H,1H2,2H3/b37-31-,38-30-,41-34-. The van der Waals surface area contributed by atoms with Crippen LogP contribution >= 0.6 is 0 Å². The molecule has 0 spiro atoms. The highest BCUT2D eigenvalue weighted by molar-refractivity contribution is 6.32. The number of aliphatic imine (C=N–C) groups is 7. The number of rotatable bonds is 0. The molecule has 0 N–H and O–H groups in total. The largest absolute Gasteiger partial charge is 0.233 e. The van der Waals surface area contributed by atoms with Gasteiger partial charge < -0.3 is 0 Å². The van der Waals surface area contributed by atoms with E-state index in [1.807, 2.05) is 97.9 Å². The van der Waals surface area contributed by atoms with Crippen molar-refractivity contribution in [2.24, 2.45) is 34.9 Å². The summed E-state index contributed by atoms with van der Waals surface area (Å²) in [6.07, 6.45) is 0. The molecule has 192 valence electrons. The van der Waals surface area contributed by atoms with Gasteiger partial charge in [0.15, 0.2) is 35.0 Å². The summed E-state index contributed by atoms with van der Waals surface area (Å²) in [4.78, 5) is 33.8. The van der Waals surface area contributed by atoms with E-state index in [-0.39, 0.29) is 0 Å². The van der Waals surface area contributed by atoms with Crippen LogP contribution in [-0.2, 0) is 0 Å². The van der Waals surface area contributed by atoms with Crippen molar-refractivity contribution >= 4 is 46.4 Å². The molecule has 4 aromatic carbocycles. The second-order valence-electron chi connectivity index (χ2n) is 9.94. The summed E-state index contributed by atoms with van der Waals surface area (Å²) >= 11 is 0. The van der Waals surface area contributed by atoms with E-state index in [0.717, 1.165) is 50.2 Å². The number of benzene rings is 4. The maximum atomic E-state index is 4.96. The fraction of sp³-hybridized carbons (Fsp3) is 0.0294. The van der Waals surface area contributed by atoms with Crippen LogP contribution in [0.1, 0.15) is 51.4 Å². The Labute approximate surface area is 236 Å². The summed E-state index contributed by atoms with van der Waals surface area (Å²) in [7, 11) is 0. The molecule has 0 unspecified atom stereocenters. The lowest BCUT2D eigenvalue weighted by molar-refractivity contribution is 1.50. The molecule has 41 heavy (non-hydrogen) atoms. The van der Waals surface area contributed by atoms with E-state index in [4.69, 9.17) is 30.0 Å². The summed E-state index contributed by atoms with van der Waals surface area (Å²) in [5.41, 5.74) is 9.27. The normalized spacial score (nSPS) is 19.1. The lowest BCUT2D eigenvalue weighted by atomic mass is 10.1. The van der Waals surface area contributed by atoms with E-state index >= 15 is 0 Å². The van der Waals surface area contributed by atoms with Crippen LogP contribution in [0.3, 0.4) is 0 Å². The zero-order valence-corrected chi connectivity index (χ0v) is 22.1. The van der Waals surface area contributed by atoms with Crippen LogP contribution in [0, 0.1) is 0 Å². The SMILES string of the molecule is C=C1N=C(/N=C2N=C(/N=C3N=C(/N=C4\N=C(C)c5ccccc54)c4ccccc4\3)c3ccccc3\2)c2ccccc21. The number of amidine groups is 6. The molecular formula is C34H21N7. The van der Waals surface area contributed by atoms with E-state index in [1.165, 1.54) is 0 Å². The maximum absolute atomic E-state index is 4.96. The van der Waals surface area contributed by atoms with E-state index in [9.17, 15) is 0 Å². The average Bonchev–Trinajstić information content (AvgIpc) is 3.73. The first-order chi connectivity index (χ1) is 20.1. The van der Waals surface area contributed by atoms with Gasteiger partial charge in [0.05, 0.1) is 5.70 Å². The topological polar surface area (TPSA) is 86.5 Å². The molecule has 8 rings (SSSR count). The Kier molecular flexibility index (Phi) is 5.05. The smallest absolute Gasteiger partial charge is 0.164 e. The molecule has 0 atom stereocenters. The third kappa shape index (κ3) is 3.71. The fourth-order valence-electron chi connectivity index (χ4n) is 5.45. The molecule has 0 saturated heterocycles. The van der Waals surface area contributed by atoms with Crippen molar-refractivity contribution < 1.29 is 0 Å². The molecule has 4 aliphatic heterocycles. The molecule has 7 heteroatoms. The molecule has 0 bridgehead atoms. The van der Waals surface area contributed by atoms with Gasteiger partial charge in [0.25, 0.3) is 0 Å². The monoisotopic (exact) mass is 527 g/mol. The lowest BCUT2D eigenvalue weighted by Crippen LogP contribution is -2.02. The Morgan fingerprint density at radius 2 is 0.756 bits per heavy atom. The first-order valence-electron chi connectivity index (χ1n) is 13.3. The van der Waals surface area contributed by atoms with Crippen molar-refractivity contribution in [2.45, 2.75) is 6.92 Å². The summed E-state index contributed by atoms with van der Waals surface area (Å²) in [6, 6.07) is 32.0. The van der Waals surface area contributed by atoms with Gasteiger partial charge in [-0.3, -0.25) is 0 Å². The minimum absolute atomic E-state index is 0.549. The van der Waals surface area contributed by atoms with E-state index in [1.54, 1.807) is 0 Å². The molecule has 7 nitrogen and oxygen atoms in total. The average molecular weight is 528 g/mol. The second-order valence-corrected chi connectivity index (χ2v) is 9.94.